The van der Waals surface area contributed by atoms with Gasteiger partial charge in [0.1, 0.15) is 5.65 Å². The van der Waals surface area contributed by atoms with Crippen molar-refractivity contribution in [2.75, 3.05) is 25.0 Å². The molecule has 7 nitrogen and oxygen atoms in total. The molecule has 7 heteroatoms. The molecule has 2 N–H and O–H groups in total. The molecule has 0 aliphatic carbocycles. The second-order valence-electron chi connectivity index (χ2n) is 7.83. The third-order valence-electron chi connectivity index (χ3n) is 5.91. The SMILES string of the molecule is CN(N)C(=O)C1CCN(c2cccc3ccc(-c4cnc5ccccn45)nc23)CC1. The number of carbonyl (C=O) groups excluding carboxylic acids is 1. The number of hydrogen-bond donors (Lipinski definition) is 1. The summed E-state index contributed by atoms with van der Waals surface area (Å²) in [5.41, 5.74) is 4.84. The molecule has 0 saturated carbocycles. The fraction of sp³-hybridized carbons (Fsp3) is 0.261. The van der Waals surface area contributed by atoms with Gasteiger partial charge in [0, 0.05) is 37.6 Å². The highest BCUT2D eigenvalue weighted by molar-refractivity contribution is 5.92. The molecule has 1 aromatic carbocycles. The van der Waals surface area contributed by atoms with E-state index in [-0.39, 0.29) is 11.8 Å². The first-order valence-electron chi connectivity index (χ1n) is 10.2. The second kappa shape index (κ2) is 7.42. The summed E-state index contributed by atoms with van der Waals surface area (Å²) in [6, 6.07) is 16.4. The van der Waals surface area contributed by atoms with Gasteiger partial charge in [-0.25, -0.2) is 15.8 Å². The average Bonchev–Trinajstić information content (AvgIpc) is 3.22. The molecular weight excluding hydrogens is 376 g/mol. The molecule has 30 heavy (non-hydrogen) atoms. The summed E-state index contributed by atoms with van der Waals surface area (Å²) in [5.74, 6) is 5.65. The van der Waals surface area contributed by atoms with E-state index in [1.165, 1.54) is 5.01 Å². The highest BCUT2D eigenvalue weighted by atomic mass is 16.2. The Labute approximate surface area is 174 Å². The number of rotatable bonds is 3. The number of pyridine rings is 2. The lowest BCUT2D eigenvalue weighted by Gasteiger charge is -2.34. The van der Waals surface area contributed by atoms with Gasteiger partial charge in [-0.15, -0.1) is 0 Å². The lowest BCUT2D eigenvalue weighted by Crippen LogP contribution is -2.43. The summed E-state index contributed by atoms with van der Waals surface area (Å²) in [4.78, 5) is 24.0. The quantitative estimate of drug-likeness (QED) is 0.325. The van der Waals surface area contributed by atoms with E-state index in [1.54, 1.807) is 7.05 Å². The second-order valence-corrected chi connectivity index (χ2v) is 7.83. The van der Waals surface area contributed by atoms with Crippen LogP contribution < -0.4 is 10.7 Å². The number of hydrazine groups is 1. The largest absolute Gasteiger partial charge is 0.370 e. The van der Waals surface area contributed by atoms with Crippen molar-refractivity contribution in [3.8, 4) is 11.4 Å². The van der Waals surface area contributed by atoms with Crippen LogP contribution in [0.15, 0.2) is 60.9 Å². The number of anilines is 1. The topological polar surface area (TPSA) is 79.8 Å². The maximum absolute atomic E-state index is 12.2. The van der Waals surface area contributed by atoms with Gasteiger partial charge in [0.2, 0.25) is 5.91 Å². The van der Waals surface area contributed by atoms with Crippen LogP contribution in [-0.2, 0) is 4.79 Å². The van der Waals surface area contributed by atoms with E-state index >= 15 is 0 Å². The Morgan fingerprint density at radius 1 is 1.10 bits per heavy atom. The van der Waals surface area contributed by atoms with Crippen LogP contribution in [-0.4, -0.2) is 45.4 Å². The van der Waals surface area contributed by atoms with Crippen molar-refractivity contribution in [1.82, 2.24) is 19.4 Å². The summed E-state index contributed by atoms with van der Waals surface area (Å²) < 4.78 is 2.05. The molecule has 1 fully saturated rings. The van der Waals surface area contributed by atoms with E-state index in [4.69, 9.17) is 10.8 Å². The van der Waals surface area contributed by atoms with E-state index in [0.717, 1.165) is 59.6 Å². The summed E-state index contributed by atoms with van der Waals surface area (Å²) >= 11 is 0. The third-order valence-corrected chi connectivity index (χ3v) is 5.91. The Hall–Kier alpha value is -3.45. The molecule has 1 aliphatic heterocycles. The lowest BCUT2D eigenvalue weighted by atomic mass is 9.95. The van der Waals surface area contributed by atoms with Crippen LogP contribution in [0.5, 0.6) is 0 Å². The Morgan fingerprint density at radius 2 is 1.93 bits per heavy atom. The molecule has 4 aromatic rings. The van der Waals surface area contributed by atoms with Crippen molar-refractivity contribution in [1.29, 1.82) is 0 Å². The number of nitrogens with two attached hydrogens (primary N) is 1. The minimum absolute atomic E-state index is 0.00657. The van der Waals surface area contributed by atoms with Gasteiger partial charge in [-0.3, -0.25) is 14.2 Å². The molecule has 5 rings (SSSR count). The molecule has 0 unspecified atom stereocenters. The molecule has 1 aliphatic rings. The first kappa shape index (κ1) is 18.6. The minimum Gasteiger partial charge on any atom is -0.370 e. The first-order chi connectivity index (χ1) is 14.6. The van der Waals surface area contributed by atoms with Gasteiger partial charge in [0.25, 0.3) is 0 Å². The number of amides is 1. The fourth-order valence-electron chi connectivity index (χ4n) is 4.31. The number of imidazole rings is 1. The molecular formula is C23H24N6O. The zero-order chi connectivity index (χ0) is 20.7. The standard InChI is InChI=1S/C23H24N6O/c1-27(24)23(30)17-10-13-28(14-11-17)19-6-4-5-16-8-9-18(26-22(16)19)20-15-25-21-7-2-3-12-29(20)21/h2-9,12,15,17H,10-11,13-14,24H2,1H3. The Balaban J connectivity index is 1.50. The molecule has 1 amide bonds. The van der Waals surface area contributed by atoms with Crippen molar-refractivity contribution in [3.05, 3.63) is 60.9 Å². The fourth-order valence-corrected chi connectivity index (χ4v) is 4.31. The number of benzene rings is 1. The normalized spacial score (nSPS) is 15.1. The van der Waals surface area contributed by atoms with Crippen molar-refractivity contribution >= 4 is 28.1 Å². The number of carbonyl (C=O) groups is 1. The van der Waals surface area contributed by atoms with E-state index in [9.17, 15) is 4.79 Å². The van der Waals surface area contributed by atoms with Crippen LogP contribution in [0.3, 0.4) is 0 Å². The molecule has 152 valence electrons. The van der Waals surface area contributed by atoms with Crippen molar-refractivity contribution in [3.63, 3.8) is 0 Å². The highest BCUT2D eigenvalue weighted by Crippen LogP contribution is 2.31. The first-order valence-corrected chi connectivity index (χ1v) is 10.2. The van der Waals surface area contributed by atoms with E-state index in [1.807, 2.05) is 36.7 Å². The van der Waals surface area contributed by atoms with Gasteiger partial charge >= 0.3 is 0 Å². The van der Waals surface area contributed by atoms with E-state index < -0.39 is 0 Å². The van der Waals surface area contributed by atoms with Crippen LogP contribution >= 0.6 is 0 Å². The van der Waals surface area contributed by atoms with Gasteiger partial charge in [-0.05, 0) is 37.1 Å². The van der Waals surface area contributed by atoms with Crippen molar-refractivity contribution in [2.45, 2.75) is 12.8 Å². The zero-order valence-electron chi connectivity index (χ0n) is 16.9. The Bertz CT molecular complexity index is 1220. The molecule has 1 saturated heterocycles. The van der Waals surface area contributed by atoms with Gasteiger partial charge < -0.3 is 4.90 Å². The zero-order valence-corrected chi connectivity index (χ0v) is 16.9. The molecule has 0 spiro atoms. The van der Waals surface area contributed by atoms with E-state index in [2.05, 4.69) is 38.6 Å². The number of fused-ring (bicyclic) bond motifs is 2. The maximum Gasteiger partial charge on any atom is 0.239 e. The summed E-state index contributed by atoms with van der Waals surface area (Å²) in [7, 11) is 1.62. The van der Waals surface area contributed by atoms with Gasteiger partial charge in [-0.2, -0.15) is 0 Å². The Morgan fingerprint density at radius 3 is 2.73 bits per heavy atom. The third kappa shape index (κ3) is 3.17. The molecule has 0 bridgehead atoms. The molecule has 0 radical (unpaired) electrons. The smallest absolute Gasteiger partial charge is 0.239 e. The number of aromatic nitrogens is 3. The summed E-state index contributed by atoms with van der Waals surface area (Å²) in [5, 5.41) is 2.31. The predicted molar refractivity (Wildman–Crippen MR) is 118 cm³/mol. The van der Waals surface area contributed by atoms with Gasteiger partial charge in [0.05, 0.1) is 28.8 Å². The van der Waals surface area contributed by atoms with Crippen LogP contribution in [0, 0.1) is 5.92 Å². The molecule has 3 aromatic heterocycles. The van der Waals surface area contributed by atoms with Crippen LogP contribution in [0.4, 0.5) is 5.69 Å². The highest BCUT2D eigenvalue weighted by Gasteiger charge is 2.27. The number of hydrogen-bond acceptors (Lipinski definition) is 5. The Kier molecular flexibility index (Phi) is 4.59. The minimum atomic E-state index is -0.00657. The van der Waals surface area contributed by atoms with Crippen LogP contribution in [0.1, 0.15) is 12.8 Å². The lowest BCUT2D eigenvalue weighted by molar-refractivity contribution is -0.135. The van der Waals surface area contributed by atoms with Crippen LogP contribution in [0.2, 0.25) is 0 Å². The molecule has 4 heterocycles. The number of para-hydroxylation sites is 1. The summed E-state index contributed by atoms with van der Waals surface area (Å²) in [6.45, 7) is 1.62. The summed E-state index contributed by atoms with van der Waals surface area (Å²) in [6.07, 6.45) is 5.46. The van der Waals surface area contributed by atoms with Crippen molar-refractivity contribution in [2.24, 2.45) is 11.8 Å². The average molecular weight is 400 g/mol. The van der Waals surface area contributed by atoms with Gasteiger partial charge in [-0.1, -0.05) is 24.3 Å². The van der Waals surface area contributed by atoms with Crippen molar-refractivity contribution < 1.29 is 4.79 Å². The van der Waals surface area contributed by atoms with Crippen LogP contribution in [0.25, 0.3) is 27.9 Å². The van der Waals surface area contributed by atoms with E-state index in [0.29, 0.717) is 0 Å². The molecule has 0 atom stereocenters. The maximum atomic E-state index is 12.2. The predicted octanol–water partition coefficient (Wildman–Crippen LogP) is 3.10. The number of piperidine rings is 1. The number of nitrogens with zero attached hydrogens (tertiary/aromatic N) is 5. The van der Waals surface area contributed by atoms with Gasteiger partial charge in [0.15, 0.2) is 0 Å². The monoisotopic (exact) mass is 400 g/mol.